The summed E-state index contributed by atoms with van der Waals surface area (Å²) in [6.45, 7) is 4.06. The lowest BCUT2D eigenvalue weighted by Crippen LogP contribution is -2.31. The number of rotatable bonds is 6. The number of aryl methyl sites for hydroxylation is 1. The zero-order valence-corrected chi connectivity index (χ0v) is 14.1. The van der Waals surface area contributed by atoms with Crippen LogP contribution in [0, 0.1) is 5.92 Å². The summed E-state index contributed by atoms with van der Waals surface area (Å²) in [5.74, 6) is 1.20. The quantitative estimate of drug-likeness (QED) is 0.752. The number of hydrogen-bond donors (Lipinski definition) is 0. The number of hydrogen-bond acceptors (Lipinski definition) is 3. The summed E-state index contributed by atoms with van der Waals surface area (Å²) in [6.07, 6.45) is 8.00. The zero-order chi connectivity index (χ0) is 15.3. The van der Waals surface area contributed by atoms with Crippen molar-refractivity contribution in [2.24, 2.45) is 5.92 Å². The van der Waals surface area contributed by atoms with Crippen molar-refractivity contribution in [2.45, 2.75) is 50.5 Å². The molecule has 21 heavy (non-hydrogen) atoms. The third-order valence-electron chi connectivity index (χ3n) is 4.15. The van der Waals surface area contributed by atoms with Gasteiger partial charge in [-0.15, -0.1) is 11.6 Å². The maximum Gasteiger partial charge on any atom is 0.246 e. The van der Waals surface area contributed by atoms with Crippen molar-refractivity contribution in [3.05, 3.63) is 12.4 Å². The van der Waals surface area contributed by atoms with Crippen molar-refractivity contribution >= 4 is 21.6 Å². The fourth-order valence-electron chi connectivity index (χ4n) is 2.76. The van der Waals surface area contributed by atoms with E-state index in [1.165, 1.54) is 6.20 Å². The normalized spacial score (nSPS) is 21.3. The van der Waals surface area contributed by atoms with Gasteiger partial charge < -0.3 is 0 Å². The van der Waals surface area contributed by atoms with Gasteiger partial charge in [-0.2, -0.15) is 9.40 Å². The Morgan fingerprint density at radius 2 is 2.19 bits per heavy atom. The van der Waals surface area contributed by atoms with E-state index in [1.54, 1.807) is 15.2 Å². The third-order valence-corrected chi connectivity index (χ3v) is 6.27. The molecular formula is C14H24ClN3O2S. The topological polar surface area (TPSA) is 55.2 Å². The summed E-state index contributed by atoms with van der Waals surface area (Å²) in [7, 11) is -3.40. The Bertz CT molecular complexity index is 544. The maximum atomic E-state index is 12.7. The summed E-state index contributed by atoms with van der Waals surface area (Å²) >= 11 is 5.65. The number of sulfonamides is 1. The predicted molar refractivity (Wildman–Crippen MR) is 84.0 cm³/mol. The van der Waals surface area contributed by atoms with E-state index >= 15 is 0 Å². The van der Waals surface area contributed by atoms with Crippen molar-refractivity contribution in [3.8, 4) is 0 Å². The molecule has 2 rings (SSSR count). The van der Waals surface area contributed by atoms with E-state index in [9.17, 15) is 8.42 Å². The zero-order valence-electron chi connectivity index (χ0n) is 12.5. The van der Waals surface area contributed by atoms with E-state index in [0.29, 0.717) is 36.3 Å². The van der Waals surface area contributed by atoms with Crippen LogP contribution in [-0.4, -0.2) is 41.5 Å². The molecule has 0 aromatic carbocycles. The first-order valence-electron chi connectivity index (χ1n) is 7.66. The Kier molecular flexibility index (Phi) is 6.08. The number of aromatic nitrogens is 2. The molecule has 2 heterocycles. The van der Waals surface area contributed by atoms with Gasteiger partial charge in [0.25, 0.3) is 0 Å². The molecule has 0 radical (unpaired) electrons. The fraction of sp³-hybridized carbons (Fsp3) is 0.786. The van der Waals surface area contributed by atoms with Crippen LogP contribution in [0.3, 0.4) is 0 Å². The van der Waals surface area contributed by atoms with E-state index in [1.807, 2.05) is 0 Å². The Labute approximate surface area is 132 Å². The van der Waals surface area contributed by atoms with Gasteiger partial charge >= 0.3 is 0 Å². The molecule has 1 saturated heterocycles. The van der Waals surface area contributed by atoms with Crippen LogP contribution in [-0.2, 0) is 16.6 Å². The van der Waals surface area contributed by atoms with Gasteiger partial charge in [0, 0.05) is 31.7 Å². The third kappa shape index (κ3) is 4.20. The van der Waals surface area contributed by atoms with Crippen molar-refractivity contribution in [1.82, 2.24) is 14.1 Å². The van der Waals surface area contributed by atoms with Crippen LogP contribution in [0.2, 0.25) is 0 Å². The molecule has 1 aliphatic rings. The monoisotopic (exact) mass is 333 g/mol. The lowest BCUT2D eigenvalue weighted by molar-refractivity contribution is 0.407. The molecule has 0 bridgehead atoms. The standard InChI is InChI=1S/C14H24ClN3O2S/c1-2-13-5-3-9-18(10-6-13)21(19,20)14-11-16-17(12-14)8-4-7-15/h11-13H,2-10H2,1H3. The molecular weight excluding hydrogens is 310 g/mol. The summed E-state index contributed by atoms with van der Waals surface area (Å²) < 4.78 is 28.6. The van der Waals surface area contributed by atoms with Crippen LogP contribution in [0.1, 0.15) is 39.0 Å². The summed E-state index contributed by atoms with van der Waals surface area (Å²) in [5.41, 5.74) is 0. The Morgan fingerprint density at radius 1 is 1.38 bits per heavy atom. The average Bonchev–Trinajstić information content (AvgIpc) is 2.82. The highest BCUT2D eigenvalue weighted by atomic mass is 35.5. The highest BCUT2D eigenvalue weighted by Gasteiger charge is 2.28. The summed E-state index contributed by atoms with van der Waals surface area (Å²) in [5, 5.41) is 4.12. The lowest BCUT2D eigenvalue weighted by Gasteiger charge is -2.19. The van der Waals surface area contributed by atoms with E-state index < -0.39 is 10.0 Å². The molecule has 1 unspecified atom stereocenters. The molecule has 5 nitrogen and oxygen atoms in total. The Balaban J connectivity index is 2.08. The minimum atomic E-state index is -3.40. The van der Waals surface area contributed by atoms with Gasteiger partial charge in [-0.1, -0.05) is 13.3 Å². The summed E-state index contributed by atoms with van der Waals surface area (Å²) in [6, 6.07) is 0. The van der Waals surface area contributed by atoms with E-state index in [2.05, 4.69) is 12.0 Å². The van der Waals surface area contributed by atoms with E-state index in [0.717, 1.165) is 32.1 Å². The highest BCUT2D eigenvalue weighted by molar-refractivity contribution is 7.89. The maximum absolute atomic E-state index is 12.7. The van der Waals surface area contributed by atoms with Crippen LogP contribution >= 0.6 is 11.6 Å². The van der Waals surface area contributed by atoms with Crippen LogP contribution in [0.4, 0.5) is 0 Å². The van der Waals surface area contributed by atoms with Crippen LogP contribution in [0.25, 0.3) is 0 Å². The molecule has 1 atom stereocenters. The second-order valence-corrected chi connectivity index (χ2v) is 7.91. The molecule has 1 fully saturated rings. The number of nitrogens with zero attached hydrogens (tertiary/aromatic N) is 3. The molecule has 0 saturated carbocycles. The number of alkyl halides is 1. The van der Waals surface area contributed by atoms with Gasteiger partial charge in [-0.05, 0) is 31.6 Å². The Morgan fingerprint density at radius 3 is 2.90 bits per heavy atom. The van der Waals surface area contributed by atoms with Gasteiger partial charge in [0.15, 0.2) is 0 Å². The minimum Gasteiger partial charge on any atom is -0.271 e. The van der Waals surface area contributed by atoms with Crippen molar-refractivity contribution in [1.29, 1.82) is 0 Å². The molecule has 0 N–H and O–H groups in total. The highest BCUT2D eigenvalue weighted by Crippen LogP contribution is 2.24. The van der Waals surface area contributed by atoms with Gasteiger partial charge in [-0.25, -0.2) is 8.42 Å². The Hall–Kier alpha value is -0.590. The summed E-state index contributed by atoms with van der Waals surface area (Å²) in [4.78, 5) is 0.298. The first-order chi connectivity index (χ1) is 10.1. The molecule has 7 heteroatoms. The van der Waals surface area contributed by atoms with Gasteiger partial charge in [0.05, 0.1) is 6.20 Å². The second kappa shape index (κ2) is 7.61. The average molecular weight is 334 g/mol. The van der Waals surface area contributed by atoms with Crippen LogP contribution in [0.5, 0.6) is 0 Å². The second-order valence-electron chi connectivity index (χ2n) is 5.59. The predicted octanol–water partition coefficient (Wildman–Crippen LogP) is 2.71. The molecule has 120 valence electrons. The smallest absolute Gasteiger partial charge is 0.246 e. The largest absolute Gasteiger partial charge is 0.271 e. The van der Waals surface area contributed by atoms with Crippen molar-refractivity contribution in [2.75, 3.05) is 19.0 Å². The van der Waals surface area contributed by atoms with Crippen LogP contribution < -0.4 is 0 Å². The first kappa shape index (κ1) is 16.8. The molecule has 0 spiro atoms. The van der Waals surface area contributed by atoms with Gasteiger partial charge in [0.2, 0.25) is 10.0 Å². The fourth-order valence-corrected chi connectivity index (χ4v) is 4.33. The minimum absolute atomic E-state index is 0.298. The number of halogens is 1. The van der Waals surface area contributed by atoms with Gasteiger partial charge in [-0.3, -0.25) is 4.68 Å². The SMILES string of the molecule is CCC1CCCN(S(=O)(=O)c2cnn(CCCCl)c2)CC1. The first-order valence-corrected chi connectivity index (χ1v) is 9.64. The molecule has 1 aromatic heterocycles. The van der Waals surface area contributed by atoms with E-state index in [4.69, 9.17) is 11.6 Å². The van der Waals surface area contributed by atoms with Gasteiger partial charge in [0.1, 0.15) is 4.90 Å². The van der Waals surface area contributed by atoms with Crippen LogP contribution in [0.15, 0.2) is 17.3 Å². The molecule has 1 aliphatic heterocycles. The lowest BCUT2D eigenvalue weighted by atomic mass is 9.98. The molecule has 0 amide bonds. The molecule has 1 aromatic rings. The van der Waals surface area contributed by atoms with Crippen molar-refractivity contribution < 1.29 is 8.42 Å². The van der Waals surface area contributed by atoms with E-state index in [-0.39, 0.29) is 0 Å². The molecule has 0 aliphatic carbocycles. The van der Waals surface area contributed by atoms with Crippen molar-refractivity contribution in [3.63, 3.8) is 0 Å².